The second kappa shape index (κ2) is 6.89. The molecule has 1 aromatic heterocycles. The van der Waals surface area contributed by atoms with Gasteiger partial charge in [0.15, 0.2) is 0 Å². The molecule has 1 aromatic rings. The molecule has 5 heteroatoms. The summed E-state index contributed by atoms with van der Waals surface area (Å²) in [6, 6.07) is 3.50. The molecule has 0 unspecified atom stereocenters. The van der Waals surface area contributed by atoms with Gasteiger partial charge in [-0.2, -0.15) is 0 Å². The molecule has 0 spiro atoms. The Balaban J connectivity index is 3.25. The smallest absolute Gasteiger partial charge is 0.328 e. The average Bonchev–Trinajstić information content (AvgIpc) is 2.35. The van der Waals surface area contributed by atoms with Crippen molar-refractivity contribution in [2.24, 2.45) is 0 Å². The SMILES string of the molecule is COCCn1c(C(C)C)ccc(/C=C/C(=O)O)c1=O. The summed E-state index contributed by atoms with van der Waals surface area (Å²) in [4.78, 5) is 22.8. The molecule has 0 fully saturated rings. The minimum absolute atomic E-state index is 0.194. The number of rotatable bonds is 6. The lowest BCUT2D eigenvalue weighted by molar-refractivity contribution is -0.131. The number of nitrogens with zero attached hydrogens (tertiary/aromatic N) is 1. The van der Waals surface area contributed by atoms with Gasteiger partial charge in [0.1, 0.15) is 0 Å². The van der Waals surface area contributed by atoms with Crippen molar-refractivity contribution in [3.8, 4) is 0 Å². The topological polar surface area (TPSA) is 68.5 Å². The van der Waals surface area contributed by atoms with Gasteiger partial charge in [0.25, 0.3) is 5.56 Å². The molecule has 19 heavy (non-hydrogen) atoms. The number of carboxylic acid groups (broad SMARTS) is 1. The number of carbonyl (C=O) groups is 1. The summed E-state index contributed by atoms with van der Waals surface area (Å²) in [5, 5.41) is 8.60. The van der Waals surface area contributed by atoms with Gasteiger partial charge in [-0.05, 0) is 24.1 Å². The molecule has 1 rings (SSSR count). The van der Waals surface area contributed by atoms with Gasteiger partial charge in [0, 0.05) is 31.0 Å². The van der Waals surface area contributed by atoms with E-state index in [-0.39, 0.29) is 11.5 Å². The third-order valence-corrected chi connectivity index (χ3v) is 2.75. The van der Waals surface area contributed by atoms with E-state index in [1.807, 2.05) is 19.9 Å². The molecule has 0 atom stereocenters. The van der Waals surface area contributed by atoms with Crippen LogP contribution < -0.4 is 5.56 Å². The summed E-state index contributed by atoms with van der Waals surface area (Å²) in [6.45, 7) is 4.90. The molecule has 0 aliphatic heterocycles. The Hall–Kier alpha value is -1.88. The van der Waals surface area contributed by atoms with E-state index in [1.165, 1.54) is 6.08 Å². The normalized spacial score (nSPS) is 11.4. The van der Waals surface area contributed by atoms with Gasteiger partial charge in [0.05, 0.1) is 6.61 Å². The van der Waals surface area contributed by atoms with Crippen molar-refractivity contribution in [2.75, 3.05) is 13.7 Å². The van der Waals surface area contributed by atoms with Crippen molar-refractivity contribution in [2.45, 2.75) is 26.3 Å². The molecule has 5 nitrogen and oxygen atoms in total. The zero-order valence-electron chi connectivity index (χ0n) is 11.4. The average molecular weight is 265 g/mol. The quantitative estimate of drug-likeness (QED) is 0.795. The van der Waals surface area contributed by atoms with Crippen molar-refractivity contribution < 1.29 is 14.6 Å². The van der Waals surface area contributed by atoms with E-state index >= 15 is 0 Å². The van der Waals surface area contributed by atoms with Gasteiger partial charge in [-0.1, -0.05) is 13.8 Å². The molecule has 0 aromatic carbocycles. The number of pyridine rings is 1. The third-order valence-electron chi connectivity index (χ3n) is 2.75. The van der Waals surface area contributed by atoms with Crippen molar-refractivity contribution in [3.05, 3.63) is 39.8 Å². The van der Waals surface area contributed by atoms with Gasteiger partial charge in [0.2, 0.25) is 0 Å². The molecule has 0 amide bonds. The van der Waals surface area contributed by atoms with Crippen LogP contribution >= 0.6 is 0 Å². The Labute approximate surface area is 112 Å². The van der Waals surface area contributed by atoms with E-state index < -0.39 is 5.97 Å². The van der Waals surface area contributed by atoms with Crippen LogP contribution in [0.25, 0.3) is 6.08 Å². The standard InChI is InChI=1S/C14H19NO4/c1-10(2)12-6-4-11(5-7-13(16)17)14(18)15(12)8-9-19-3/h4-7,10H,8-9H2,1-3H3,(H,16,17)/b7-5+. The molecule has 1 heterocycles. The minimum atomic E-state index is -1.07. The van der Waals surface area contributed by atoms with Crippen LogP contribution in [0.15, 0.2) is 23.0 Å². The molecular formula is C14H19NO4. The Morgan fingerprint density at radius 1 is 1.47 bits per heavy atom. The van der Waals surface area contributed by atoms with Crippen LogP contribution in [0.4, 0.5) is 0 Å². The minimum Gasteiger partial charge on any atom is -0.478 e. The summed E-state index contributed by atoms with van der Waals surface area (Å²) in [7, 11) is 1.58. The Kier molecular flexibility index (Phi) is 5.51. The maximum Gasteiger partial charge on any atom is 0.328 e. The molecule has 0 aliphatic carbocycles. The third kappa shape index (κ3) is 4.06. The first-order valence-electron chi connectivity index (χ1n) is 6.11. The highest BCUT2D eigenvalue weighted by molar-refractivity contribution is 5.85. The van der Waals surface area contributed by atoms with E-state index in [1.54, 1.807) is 17.7 Å². The summed E-state index contributed by atoms with van der Waals surface area (Å²) < 4.78 is 6.64. The molecule has 0 radical (unpaired) electrons. The van der Waals surface area contributed by atoms with Crippen molar-refractivity contribution in [3.63, 3.8) is 0 Å². The maximum atomic E-state index is 12.3. The molecule has 0 saturated heterocycles. The fourth-order valence-corrected chi connectivity index (χ4v) is 1.81. The number of hydrogen-bond donors (Lipinski definition) is 1. The van der Waals surface area contributed by atoms with E-state index in [2.05, 4.69) is 0 Å². The lowest BCUT2D eigenvalue weighted by Crippen LogP contribution is -2.27. The summed E-state index contributed by atoms with van der Waals surface area (Å²) in [5.74, 6) is -0.863. The number of ether oxygens (including phenoxy) is 1. The Morgan fingerprint density at radius 3 is 2.68 bits per heavy atom. The van der Waals surface area contributed by atoms with Gasteiger partial charge < -0.3 is 14.4 Å². The van der Waals surface area contributed by atoms with Crippen LogP contribution in [-0.2, 0) is 16.1 Å². The summed E-state index contributed by atoms with van der Waals surface area (Å²) in [5.41, 5.74) is 1.08. The van der Waals surface area contributed by atoms with Crippen LogP contribution in [0.1, 0.15) is 31.0 Å². The largest absolute Gasteiger partial charge is 0.478 e. The number of aliphatic carboxylic acids is 1. The van der Waals surface area contributed by atoms with E-state index in [9.17, 15) is 9.59 Å². The number of aromatic nitrogens is 1. The van der Waals surface area contributed by atoms with Crippen LogP contribution in [0, 0.1) is 0 Å². The Morgan fingerprint density at radius 2 is 2.16 bits per heavy atom. The van der Waals surface area contributed by atoms with Gasteiger partial charge in [-0.25, -0.2) is 4.79 Å². The second-order valence-corrected chi connectivity index (χ2v) is 4.49. The predicted octanol–water partition coefficient (Wildman–Crippen LogP) is 1.72. The molecule has 0 aliphatic rings. The van der Waals surface area contributed by atoms with Gasteiger partial charge in [-0.15, -0.1) is 0 Å². The second-order valence-electron chi connectivity index (χ2n) is 4.49. The van der Waals surface area contributed by atoms with Crippen LogP contribution in [0.5, 0.6) is 0 Å². The van der Waals surface area contributed by atoms with Crippen LogP contribution in [0.3, 0.4) is 0 Å². The lowest BCUT2D eigenvalue weighted by Gasteiger charge is -2.16. The van der Waals surface area contributed by atoms with Crippen LogP contribution in [-0.4, -0.2) is 29.4 Å². The van der Waals surface area contributed by atoms with Gasteiger partial charge >= 0.3 is 5.97 Å². The van der Waals surface area contributed by atoms with Crippen molar-refractivity contribution >= 4 is 12.0 Å². The maximum absolute atomic E-state index is 12.3. The zero-order chi connectivity index (χ0) is 14.4. The van der Waals surface area contributed by atoms with Crippen molar-refractivity contribution in [1.29, 1.82) is 0 Å². The Bertz CT molecular complexity index is 529. The first-order valence-corrected chi connectivity index (χ1v) is 6.11. The van der Waals surface area contributed by atoms with E-state index in [0.29, 0.717) is 18.7 Å². The first kappa shape index (κ1) is 15.2. The van der Waals surface area contributed by atoms with E-state index in [4.69, 9.17) is 9.84 Å². The summed E-state index contributed by atoms with van der Waals surface area (Å²) in [6.07, 6.45) is 2.28. The predicted molar refractivity (Wildman–Crippen MR) is 73.3 cm³/mol. The highest BCUT2D eigenvalue weighted by Gasteiger charge is 2.10. The fraction of sp³-hybridized carbons (Fsp3) is 0.429. The number of hydrogen-bond acceptors (Lipinski definition) is 3. The molecule has 1 N–H and O–H groups in total. The fourth-order valence-electron chi connectivity index (χ4n) is 1.81. The van der Waals surface area contributed by atoms with Gasteiger partial charge in [-0.3, -0.25) is 4.79 Å². The van der Waals surface area contributed by atoms with E-state index in [0.717, 1.165) is 11.8 Å². The highest BCUT2D eigenvalue weighted by Crippen LogP contribution is 2.13. The first-order chi connectivity index (χ1) is 8.97. The molecule has 104 valence electrons. The lowest BCUT2D eigenvalue weighted by atomic mass is 10.1. The summed E-state index contributed by atoms with van der Waals surface area (Å²) >= 11 is 0. The zero-order valence-corrected chi connectivity index (χ0v) is 11.4. The number of methoxy groups -OCH3 is 1. The molecular weight excluding hydrogens is 246 g/mol. The monoisotopic (exact) mass is 265 g/mol. The molecule has 0 saturated carbocycles. The molecule has 0 bridgehead atoms. The van der Waals surface area contributed by atoms with Crippen LogP contribution in [0.2, 0.25) is 0 Å². The number of carboxylic acids is 1. The highest BCUT2D eigenvalue weighted by atomic mass is 16.5. The van der Waals surface area contributed by atoms with Crippen molar-refractivity contribution in [1.82, 2.24) is 4.57 Å².